The van der Waals surface area contributed by atoms with Crippen LogP contribution in [-0.4, -0.2) is 26.8 Å². The lowest BCUT2D eigenvalue weighted by Gasteiger charge is -1.91. The van der Waals surface area contributed by atoms with Crippen LogP contribution in [0.25, 0.3) is 10.8 Å². The Morgan fingerprint density at radius 1 is 1.33 bits per heavy atom. The molecule has 0 amide bonds. The average Bonchev–Trinajstić information content (AvgIpc) is 2.84. The normalized spacial score (nSPS) is 10.8. The standard InChI is InChI=1S/C8H11N5OS/c1-3-5-7(15-13-10-5)8-12-11-6(14-8)4-9-2/h9H,3-4H2,1-2H3. The van der Waals surface area contributed by atoms with E-state index in [-0.39, 0.29) is 0 Å². The fourth-order valence-corrected chi connectivity index (χ4v) is 1.84. The van der Waals surface area contributed by atoms with E-state index in [1.165, 1.54) is 11.5 Å². The molecule has 80 valence electrons. The second kappa shape index (κ2) is 4.45. The number of nitrogens with zero attached hydrogens (tertiary/aromatic N) is 4. The van der Waals surface area contributed by atoms with Crippen LogP contribution in [0.15, 0.2) is 4.42 Å². The van der Waals surface area contributed by atoms with Gasteiger partial charge in [-0.3, -0.25) is 0 Å². The van der Waals surface area contributed by atoms with Crippen LogP contribution in [0.4, 0.5) is 0 Å². The van der Waals surface area contributed by atoms with Gasteiger partial charge in [0.25, 0.3) is 5.89 Å². The molecule has 1 N–H and O–H groups in total. The Morgan fingerprint density at radius 3 is 2.93 bits per heavy atom. The molecular weight excluding hydrogens is 214 g/mol. The van der Waals surface area contributed by atoms with Gasteiger partial charge in [-0.1, -0.05) is 11.4 Å². The molecule has 2 heterocycles. The van der Waals surface area contributed by atoms with Crippen molar-refractivity contribution in [2.45, 2.75) is 19.9 Å². The highest BCUT2D eigenvalue weighted by Gasteiger charge is 2.15. The van der Waals surface area contributed by atoms with Gasteiger partial charge in [-0.2, -0.15) is 0 Å². The smallest absolute Gasteiger partial charge is 0.261 e. The highest BCUT2D eigenvalue weighted by Crippen LogP contribution is 2.24. The molecule has 2 rings (SSSR count). The molecule has 0 spiro atoms. The highest BCUT2D eigenvalue weighted by atomic mass is 32.1. The van der Waals surface area contributed by atoms with Crippen LogP contribution < -0.4 is 5.32 Å². The van der Waals surface area contributed by atoms with Gasteiger partial charge in [-0.05, 0) is 25.0 Å². The van der Waals surface area contributed by atoms with Crippen molar-refractivity contribution in [3.8, 4) is 10.8 Å². The van der Waals surface area contributed by atoms with E-state index in [4.69, 9.17) is 4.42 Å². The van der Waals surface area contributed by atoms with Crippen LogP contribution in [0, 0.1) is 0 Å². The molecule has 0 saturated heterocycles. The van der Waals surface area contributed by atoms with E-state index in [9.17, 15) is 0 Å². The van der Waals surface area contributed by atoms with Crippen molar-refractivity contribution in [3.63, 3.8) is 0 Å². The van der Waals surface area contributed by atoms with Crippen LogP contribution in [-0.2, 0) is 13.0 Å². The molecule has 6 nitrogen and oxygen atoms in total. The summed E-state index contributed by atoms with van der Waals surface area (Å²) in [5.74, 6) is 1.08. The van der Waals surface area contributed by atoms with E-state index < -0.39 is 0 Å². The Morgan fingerprint density at radius 2 is 2.20 bits per heavy atom. The lowest BCUT2D eigenvalue weighted by atomic mass is 10.3. The summed E-state index contributed by atoms with van der Waals surface area (Å²) in [5.41, 5.74) is 0.902. The number of aromatic nitrogens is 4. The first kappa shape index (κ1) is 10.2. The monoisotopic (exact) mass is 225 g/mol. The Labute approximate surface area is 90.9 Å². The van der Waals surface area contributed by atoms with Gasteiger partial charge in [0.1, 0.15) is 4.88 Å². The molecule has 2 aromatic rings. The molecule has 0 aliphatic carbocycles. The molecule has 0 aliphatic heterocycles. The molecule has 0 unspecified atom stereocenters. The van der Waals surface area contributed by atoms with Crippen LogP contribution in [0.3, 0.4) is 0 Å². The molecule has 0 fully saturated rings. The maximum Gasteiger partial charge on any atom is 0.261 e. The molecule has 0 bridgehead atoms. The predicted octanol–water partition coefficient (Wildman–Crippen LogP) is 0.870. The zero-order chi connectivity index (χ0) is 10.7. The third kappa shape index (κ3) is 2.02. The Kier molecular flexibility index (Phi) is 3.02. The highest BCUT2D eigenvalue weighted by molar-refractivity contribution is 7.09. The second-order valence-corrected chi connectivity index (χ2v) is 3.69. The van der Waals surface area contributed by atoms with E-state index in [1.807, 2.05) is 14.0 Å². The number of aryl methyl sites for hydroxylation is 1. The van der Waals surface area contributed by atoms with Crippen molar-refractivity contribution >= 4 is 11.5 Å². The largest absolute Gasteiger partial charge is 0.418 e. The lowest BCUT2D eigenvalue weighted by Crippen LogP contribution is -2.04. The van der Waals surface area contributed by atoms with E-state index in [1.54, 1.807) is 0 Å². The van der Waals surface area contributed by atoms with Crippen LogP contribution in [0.5, 0.6) is 0 Å². The van der Waals surface area contributed by atoms with Gasteiger partial charge in [-0.15, -0.1) is 15.3 Å². The minimum Gasteiger partial charge on any atom is -0.418 e. The maximum atomic E-state index is 5.46. The fourth-order valence-electron chi connectivity index (χ4n) is 1.17. The van der Waals surface area contributed by atoms with Crippen molar-refractivity contribution in [1.29, 1.82) is 0 Å². The first-order chi connectivity index (χ1) is 7.35. The van der Waals surface area contributed by atoms with Gasteiger partial charge in [0.2, 0.25) is 5.89 Å². The average molecular weight is 225 g/mol. The van der Waals surface area contributed by atoms with Crippen LogP contribution in [0.2, 0.25) is 0 Å². The van der Waals surface area contributed by atoms with Gasteiger partial charge in [0.15, 0.2) is 0 Å². The van der Waals surface area contributed by atoms with Gasteiger partial charge in [0.05, 0.1) is 12.2 Å². The summed E-state index contributed by atoms with van der Waals surface area (Å²) in [7, 11) is 1.83. The lowest BCUT2D eigenvalue weighted by molar-refractivity contribution is 0.491. The molecule has 7 heteroatoms. The third-order valence-electron chi connectivity index (χ3n) is 1.88. The SMILES string of the molecule is CCc1nnsc1-c1nnc(CNC)o1. The van der Waals surface area contributed by atoms with Gasteiger partial charge in [0, 0.05) is 0 Å². The minimum atomic E-state index is 0.507. The molecule has 2 aromatic heterocycles. The summed E-state index contributed by atoms with van der Waals surface area (Å²) < 4.78 is 9.33. The quantitative estimate of drug-likeness (QED) is 0.832. The topological polar surface area (TPSA) is 76.7 Å². The zero-order valence-electron chi connectivity index (χ0n) is 8.52. The summed E-state index contributed by atoms with van der Waals surface area (Å²) in [5, 5.41) is 14.8. The van der Waals surface area contributed by atoms with Gasteiger partial charge < -0.3 is 9.73 Å². The predicted molar refractivity (Wildman–Crippen MR) is 55.3 cm³/mol. The van der Waals surface area contributed by atoms with E-state index in [0.29, 0.717) is 18.3 Å². The molecular formula is C8H11N5OS. The van der Waals surface area contributed by atoms with Crippen molar-refractivity contribution in [1.82, 2.24) is 25.1 Å². The van der Waals surface area contributed by atoms with Crippen LogP contribution >= 0.6 is 11.5 Å². The molecule has 0 radical (unpaired) electrons. The van der Waals surface area contributed by atoms with Crippen molar-refractivity contribution in [3.05, 3.63) is 11.6 Å². The van der Waals surface area contributed by atoms with Gasteiger partial charge >= 0.3 is 0 Å². The number of nitrogens with one attached hydrogen (secondary N) is 1. The van der Waals surface area contributed by atoms with Gasteiger partial charge in [-0.25, -0.2) is 0 Å². The molecule has 0 saturated carbocycles. The Balaban J connectivity index is 2.28. The molecule has 15 heavy (non-hydrogen) atoms. The summed E-state index contributed by atoms with van der Waals surface area (Å²) in [6.07, 6.45) is 0.815. The fraction of sp³-hybridized carbons (Fsp3) is 0.500. The second-order valence-electron chi connectivity index (χ2n) is 2.93. The Bertz CT molecular complexity index is 438. The summed E-state index contributed by atoms with van der Waals surface area (Å²) >= 11 is 1.28. The van der Waals surface area contributed by atoms with E-state index in [0.717, 1.165) is 17.0 Å². The summed E-state index contributed by atoms with van der Waals surface area (Å²) in [6, 6.07) is 0. The van der Waals surface area contributed by atoms with E-state index >= 15 is 0 Å². The zero-order valence-corrected chi connectivity index (χ0v) is 9.34. The molecule has 0 aliphatic rings. The number of rotatable bonds is 4. The van der Waals surface area contributed by atoms with Crippen molar-refractivity contribution in [2.24, 2.45) is 0 Å². The molecule has 0 atom stereocenters. The summed E-state index contributed by atoms with van der Waals surface area (Å²) in [4.78, 5) is 0.868. The minimum absolute atomic E-state index is 0.507. The first-order valence-corrected chi connectivity index (χ1v) is 5.41. The number of hydrogen-bond acceptors (Lipinski definition) is 7. The first-order valence-electron chi connectivity index (χ1n) is 4.63. The van der Waals surface area contributed by atoms with Crippen LogP contribution in [0.1, 0.15) is 18.5 Å². The van der Waals surface area contributed by atoms with Crippen molar-refractivity contribution in [2.75, 3.05) is 7.05 Å². The molecule has 0 aromatic carbocycles. The maximum absolute atomic E-state index is 5.46. The summed E-state index contributed by atoms with van der Waals surface area (Å²) in [6.45, 7) is 2.59. The Hall–Kier alpha value is -1.34. The van der Waals surface area contributed by atoms with E-state index in [2.05, 4.69) is 25.1 Å². The third-order valence-corrected chi connectivity index (χ3v) is 2.64. The number of hydrogen-bond donors (Lipinski definition) is 1. The van der Waals surface area contributed by atoms with Crippen molar-refractivity contribution < 1.29 is 4.42 Å².